The van der Waals surface area contributed by atoms with Crippen LogP contribution in [0.4, 0.5) is 0 Å². The number of thiazole rings is 1. The highest BCUT2D eigenvalue weighted by Gasteiger charge is 2.17. The number of imidazole rings is 1. The second kappa shape index (κ2) is 5.84. The lowest BCUT2D eigenvalue weighted by atomic mass is 9.93. The molecule has 0 aromatic carbocycles. The van der Waals surface area contributed by atoms with Gasteiger partial charge in [0.15, 0.2) is 0 Å². The lowest BCUT2D eigenvalue weighted by molar-refractivity contribution is 0.569. The van der Waals surface area contributed by atoms with Crippen LogP contribution < -0.4 is 5.32 Å². The first-order valence-corrected chi connectivity index (χ1v) is 7.53. The molecule has 0 aliphatic carbocycles. The van der Waals surface area contributed by atoms with E-state index in [2.05, 4.69) is 54.1 Å². The molecule has 0 saturated carbocycles. The Balaban J connectivity index is 2.01. The first-order chi connectivity index (χ1) is 8.99. The van der Waals surface area contributed by atoms with E-state index in [1.807, 2.05) is 6.33 Å². The minimum absolute atomic E-state index is 0.125. The van der Waals surface area contributed by atoms with Gasteiger partial charge >= 0.3 is 0 Å². The highest BCUT2D eigenvalue weighted by molar-refractivity contribution is 7.09. The minimum atomic E-state index is 0.125. The van der Waals surface area contributed by atoms with Gasteiger partial charge < -0.3 is 9.88 Å². The summed E-state index contributed by atoms with van der Waals surface area (Å²) in [5.41, 5.74) is 2.37. The molecule has 104 valence electrons. The Kier molecular flexibility index (Phi) is 4.37. The molecule has 4 nitrogen and oxygen atoms in total. The molecule has 5 heteroatoms. The van der Waals surface area contributed by atoms with Crippen LogP contribution in [-0.2, 0) is 18.5 Å². The van der Waals surface area contributed by atoms with Crippen molar-refractivity contribution in [1.82, 2.24) is 19.9 Å². The molecule has 0 spiro atoms. The summed E-state index contributed by atoms with van der Waals surface area (Å²) in [4.78, 5) is 9.09. The van der Waals surface area contributed by atoms with E-state index in [1.165, 1.54) is 5.69 Å². The van der Waals surface area contributed by atoms with Gasteiger partial charge in [0.2, 0.25) is 0 Å². The first-order valence-electron chi connectivity index (χ1n) is 6.65. The number of aromatic nitrogens is 3. The van der Waals surface area contributed by atoms with Crippen LogP contribution in [0.2, 0.25) is 0 Å². The second-order valence-electron chi connectivity index (χ2n) is 5.69. The van der Waals surface area contributed by atoms with Crippen molar-refractivity contribution in [2.75, 3.05) is 6.54 Å². The van der Waals surface area contributed by atoms with Gasteiger partial charge in [0, 0.05) is 23.5 Å². The fraction of sp³-hybridized carbons (Fsp3) is 0.571. The Morgan fingerprint density at radius 3 is 2.79 bits per heavy atom. The van der Waals surface area contributed by atoms with E-state index >= 15 is 0 Å². The van der Waals surface area contributed by atoms with Crippen LogP contribution in [0.15, 0.2) is 17.9 Å². The summed E-state index contributed by atoms with van der Waals surface area (Å²) in [6, 6.07) is 0. The highest BCUT2D eigenvalue weighted by atomic mass is 32.1. The Hall–Kier alpha value is -1.20. The van der Waals surface area contributed by atoms with E-state index in [0.717, 1.165) is 30.3 Å². The molecule has 0 radical (unpaired) electrons. The maximum absolute atomic E-state index is 4.70. The van der Waals surface area contributed by atoms with Gasteiger partial charge in [-0.05, 0) is 6.54 Å². The molecule has 2 heterocycles. The van der Waals surface area contributed by atoms with Gasteiger partial charge in [0.05, 0.1) is 24.3 Å². The summed E-state index contributed by atoms with van der Waals surface area (Å²) in [6.45, 7) is 11.3. The predicted molar refractivity (Wildman–Crippen MR) is 79.5 cm³/mol. The third kappa shape index (κ3) is 3.88. The van der Waals surface area contributed by atoms with Crippen molar-refractivity contribution in [2.24, 2.45) is 0 Å². The van der Waals surface area contributed by atoms with Crippen molar-refractivity contribution < 1.29 is 0 Å². The van der Waals surface area contributed by atoms with Crippen molar-refractivity contribution in [3.05, 3.63) is 34.3 Å². The third-order valence-corrected chi connectivity index (χ3v) is 3.71. The van der Waals surface area contributed by atoms with Gasteiger partial charge in [-0.15, -0.1) is 11.3 Å². The summed E-state index contributed by atoms with van der Waals surface area (Å²) in [7, 11) is 0. The third-order valence-electron chi connectivity index (χ3n) is 2.88. The standard InChI is InChI=1S/C14H22N4S/c1-5-15-6-11-7-18(10-16-11)8-13-17-12(9-19-13)14(2,3)4/h7,9-10,15H,5-6,8H2,1-4H3. The molecule has 0 aliphatic heterocycles. The summed E-state index contributed by atoms with van der Waals surface area (Å²) >= 11 is 1.72. The number of nitrogens with zero attached hydrogens (tertiary/aromatic N) is 3. The van der Waals surface area contributed by atoms with Gasteiger partial charge in [-0.1, -0.05) is 27.7 Å². The molecule has 0 unspecified atom stereocenters. The Morgan fingerprint density at radius 2 is 2.16 bits per heavy atom. The van der Waals surface area contributed by atoms with Gasteiger partial charge in [-0.3, -0.25) is 0 Å². The molecule has 0 bridgehead atoms. The maximum atomic E-state index is 4.70. The molecular formula is C14H22N4S. The van der Waals surface area contributed by atoms with Crippen LogP contribution in [-0.4, -0.2) is 21.1 Å². The molecular weight excluding hydrogens is 256 g/mol. The molecule has 0 fully saturated rings. The molecule has 0 saturated heterocycles. The van der Waals surface area contributed by atoms with E-state index in [1.54, 1.807) is 11.3 Å². The largest absolute Gasteiger partial charge is 0.330 e. The zero-order valence-corrected chi connectivity index (χ0v) is 12.9. The molecule has 19 heavy (non-hydrogen) atoms. The zero-order valence-electron chi connectivity index (χ0n) is 12.1. The Morgan fingerprint density at radius 1 is 1.37 bits per heavy atom. The topological polar surface area (TPSA) is 42.7 Å². The van der Waals surface area contributed by atoms with Gasteiger partial charge in [-0.2, -0.15) is 0 Å². The van der Waals surface area contributed by atoms with Gasteiger partial charge in [0.1, 0.15) is 5.01 Å². The number of hydrogen-bond acceptors (Lipinski definition) is 4. The SMILES string of the molecule is CCNCc1cn(Cc2nc(C(C)(C)C)cs2)cn1. The van der Waals surface area contributed by atoms with Crippen molar-refractivity contribution in [3.63, 3.8) is 0 Å². The lowest BCUT2D eigenvalue weighted by Crippen LogP contribution is -2.12. The summed E-state index contributed by atoms with van der Waals surface area (Å²) in [5.74, 6) is 0. The molecule has 0 aliphatic rings. The van der Waals surface area contributed by atoms with Crippen molar-refractivity contribution in [2.45, 2.75) is 46.2 Å². The minimum Gasteiger partial charge on any atom is -0.330 e. The molecule has 0 amide bonds. The predicted octanol–water partition coefficient (Wildman–Crippen LogP) is 2.79. The highest BCUT2D eigenvalue weighted by Crippen LogP contribution is 2.24. The first kappa shape index (κ1) is 14.2. The fourth-order valence-electron chi connectivity index (χ4n) is 1.72. The normalized spacial score (nSPS) is 12.0. The Labute approximate surface area is 118 Å². The van der Waals surface area contributed by atoms with E-state index < -0.39 is 0 Å². The van der Waals surface area contributed by atoms with E-state index in [9.17, 15) is 0 Å². The lowest BCUT2D eigenvalue weighted by Gasteiger charge is -2.14. The Bertz CT molecular complexity index is 522. The van der Waals surface area contributed by atoms with E-state index in [-0.39, 0.29) is 5.41 Å². The zero-order chi connectivity index (χ0) is 13.9. The second-order valence-corrected chi connectivity index (χ2v) is 6.64. The van der Waals surface area contributed by atoms with Crippen LogP contribution >= 0.6 is 11.3 Å². The van der Waals surface area contributed by atoms with Gasteiger partial charge in [0.25, 0.3) is 0 Å². The number of nitrogens with one attached hydrogen (secondary N) is 1. The summed E-state index contributed by atoms with van der Waals surface area (Å²) in [6.07, 6.45) is 3.96. The fourth-order valence-corrected chi connectivity index (χ4v) is 2.75. The summed E-state index contributed by atoms with van der Waals surface area (Å²) < 4.78 is 2.10. The van der Waals surface area contributed by atoms with Crippen LogP contribution in [0.25, 0.3) is 0 Å². The van der Waals surface area contributed by atoms with Crippen LogP contribution in [0, 0.1) is 0 Å². The number of hydrogen-bond donors (Lipinski definition) is 1. The average molecular weight is 278 g/mol. The molecule has 1 N–H and O–H groups in total. The van der Waals surface area contributed by atoms with E-state index in [0.29, 0.717) is 0 Å². The number of rotatable bonds is 5. The molecule has 2 rings (SSSR count). The van der Waals surface area contributed by atoms with Crippen molar-refractivity contribution in [1.29, 1.82) is 0 Å². The van der Waals surface area contributed by atoms with Crippen LogP contribution in [0.5, 0.6) is 0 Å². The van der Waals surface area contributed by atoms with E-state index in [4.69, 9.17) is 4.98 Å². The van der Waals surface area contributed by atoms with Crippen LogP contribution in [0.3, 0.4) is 0 Å². The van der Waals surface area contributed by atoms with Crippen molar-refractivity contribution in [3.8, 4) is 0 Å². The van der Waals surface area contributed by atoms with Gasteiger partial charge in [-0.25, -0.2) is 9.97 Å². The van der Waals surface area contributed by atoms with Crippen molar-refractivity contribution >= 4 is 11.3 Å². The molecule has 2 aromatic rings. The maximum Gasteiger partial charge on any atom is 0.113 e. The molecule has 0 atom stereocenters. The van der Waals surface area contributed by atoms with Crippen LogP contribution in [0.1, 0.15) is 44.1 Å². The monoisotopic (exact) mass is 278 g/mol. The molecule has 2 aromatic heterocycles. The smallest absolute Gasteiger partial charge is 0.113 e. The summed E-state index contributed by atoms with van der Waals surface area (Å²) in [5, 5.41) is 6.57. The average Bonchev–Trinajstić information content (AvgIpc) is 2.95. The quantitative estimate of drug-likeness (QED) is 0.914.